The van der Waals surface area contributed by atoms with Crippen molar-refractivity contribution in [3.8, 4) is 16.9 Å². The molecule has 4 aliphatic rings. The van der Waals surface area contributed by atoms with Crippen molar-refractivity contribution in [2.75, 3.05) is 0 Å². The van der Waals surface area contributed by atoms with Gasteiger partial charge in [-0.05, 0) is 120 Å². The van der Waals surface area contributed by atoms with Crippen LogP contribution in [0.4, 0.5) is 0 Å². The minimum Gasteiger partial charge on any atom is -0.478 e. The zero-order chi connectivity index (χ0) is 25.6. The van der Waals surface area contributed by atoms with E-state index < -0.39 is 12.3 Å². The van der Waals surface area contributed by atoms with Gasteiger partial charge in [0.15, 0.2) is 6.29 Å². The van der Waals surface area contributed by atoms with Crippen molar-refractivity contribution in [3.05, 3.63) is 65.7 Å². The SMILES string of the molecule is CCCCCC(O)Oc1cc2ccc(-c3ccc(C(=O)O)cc3)cc2cc1C12CC3CC(CC(C3)C1)C2. The maximum atomic E-state index is 11.3. The van der Waals surface area contributed by atoms with Crippen LogP contribution in [-0.2, 0) is 5.41 Å². The highest BCUT2D eigenvalue weighted by atomic mass is 16.6. The van der Waals surface area contributed by atoms with Crippen LogP contribution in [0.15, 0.2) is 54.6 Å². The van der Waals surface area contributed by atoms with E-state index in [1.807, 2.05) is 12.1 Å². The first-order valence-corrected chi connectivity index (χ1v) is 14.2. The molecule has 4 heteroatoms. The summed E-state index contributed by atoms with van der Waals surface area (Å²) in [5.41, 5.74) is 3.84. The maximum absolute atomic E-state index is 11.3. The van der Waals surface area contributed by atoms with Gasteiger partial charge in [-0.15, -0.1) is 0 Å². The number of unbranched alkanes of at least 4 members (excludes halogenated alkanes) is 2. The van der Waals surface area contributed by atoms with Crippen LogP contribution < -0.4 is 4.74 Å². The summed E-state index contributed by atoms with van der Waals surface area (Å²) in [4.78, 5) is 11.3. The van der Waals surface area contributed by atoms with Gasteiger partial charge in [-0.3, -0.25) is 0 Å². The van der Waals surface area contributed by atoms with Crippen molar-refractivity contribution in [2.24, 2.45) is 17.8 Å². The molecule has 0 amide bonds. The number of hydrogen-bond acceptors (Lipinski definition) is 3. The summed E-state index contributed by atoms with van der Waals surface area (Å²) in [7, 11) is 0. The standard InChI is InChI=1S/C33H38O4/c1-2-3-4-5-31(34)37-30-17-27-11-10-26(24-6-8-25(9-7-24)32(35)36)15-28(27)16-29(30)33-18-21-12-22(19-33)14-23(13-21)20-33/h6-11,15-17,21-23,31,34H,2-5,12-14,18-20H2,1H3,(H,35,36). The second-order valence-corrected chi connectivity index (χ2v) is 12.1. The molecule has 7 rings (SSSR count). The molecule has 4 saturated carbocycles. The molecular formula is C33H38O4. The fraction of sp³-hybridized carbons (Fsp3) is 0.485. The maximum Gasteiger partial charge on any atom is 0.335 e. The topological polar surface area (TPSA) is 66.8 Å². The van der Waals surface area contributed by atoms with Crippen LogP contribution in [0.5, 0.6) is 5.75 Å². The molecule has 4 aliphatic carbocycles. The molecule has 0 heterocycles. The van der Waals surface area contributed by atoms with E-state index >= 15 is 0 Å². The fourth-order valence-corrected chi connectivity index (χ4v) is 7.99. The van der Waals surface area contributed by atoms with E-state index in [1.165, 1.54) is 49.5 Å². The van der Waals surface area contributed by atoms with Gasteiger partial charge in [-0.25, -0.2) is 4.79 Å². The zero-order valence-corrected chi connectivity index (χ0v) is 21.8. The number of hydrogen-bond donors (Lipinski definition) is 2. The molecule has 3 aromatic carbocycles. The van der Waals surface area contributed by atoms with E-state index in [0.717, 1.165) is 59.3 Å². The highest BCUT2D eigenvalue weighted by Crippen LogP contribution is 2.62. The summed E-state index contributed by atoms with van der Waals surface area (Å²) in [5.74, 6) is 2.43. The van der Waals surface area contributed by atoms with Crippen molar-refractivity contribution in [1.29, 1.82) is 0 Å². The zero-order valence-electron chi connectivity index (χ0n) is 21.8. The van der Waals surface area contributed by atoms with Crippen LogP contribution in [0.1, 0.15) is 87.1 Å². The number of aromatic carboxylic acids is 1. The molecule has 0 aromatic heterocycles. The highest BCUT2D eigenvalue weighted by Gasteiger charge is 2.52. The molecule has 194 valence electrons. The first-order valence-electron chi connectivity index (χ1n) is 14.2. The second-order valence-electron chi connectivity index (χ2n) is 12.1. The lowest BCUT2D eigenvalue weighted by molar-refractivity contribution is -0.0326. The molecule has 4 nitrogen and oxygen atoms in total. The Bertz CT molecular complexity index is 1260. The number of ether oxygens (including phenoxy) is 1. The lowest BCUT2D eigenvalue weighted by atomic mass is 9.48. The van der Waals surface area contributed by atoms with Crippen LogP contribution >= 0.6 is 0 Å². The number of rotatable bonds is 9. The van der Waals surface area contributed by atoms with E-state index in [1.54, 1.807) is 12.1 Å². The predicted molar refractivity (Wildman–Crippen MR) is 147 cm³/mol. The van der Waals surface area contributed by atoms with E-state index in [9.17, 15) is 15.0 Å². The molecule has 4 bridgehead atoms. The molecule has 0 spiro atoms. The molecule has 1 unspecified atom stereocenters. The Balaban J connectivity index is 1.39. The molecule has 0 saturated heterocycles. The fourth-order valence-electron chi connectivity index (χ4n) is 7.99. The predicted octanol–water partition coefficient (Wildman–Crippen LogP) is 7.95. The Morgan fingerprint density at radius 3 is 2.16 bits per heavy atom. The molecular weight excluding hydrogens is 460 g/mol. The average molecular weight is 499 g/mol. The van der Waals surface area contributed by atoms with Crippen molar-refractivity contribution < 1.29 is 19.7 Å². The van der Waals surface area contributed by atoms with Crippen molar-refractivity contribution in [2.45, 2.75) is 82.8 Å². The molecule has 0 radical (unpaired) electrons. The van der Waals surface area contributed by atoms with Crippen LogP contribution in [0.25, 0.3) is 21.9 Å². The second kappa shape index (κ2) is 9.79. The summed E-state index contributed by atoms with van der Waals surface area (Å²) < 4.78 is 6.34. The molecule has 0 aliphatic heterocycles. The first kappa shape index (κ1) is 24.5. The van der Waals surface area contributed by atoms with Crippen molar-refractivity contribution in [3.63, 3.8) is 0 Å². The van der Waals surface area contributed by atoms with Gasteiger partial charge in [-0.2, -0.15) is 0 Å². The summed E-state index contributed by atoms with van der Waals surface area (Å²) in [6.07, 6.45) is 11.0. The number of benzene rings is 3. The van der Waals surface area contributed by atoms with Gasteiger partial charge in [0.1, 0.15) is 5.75 Å². The smallest absolute Gasteiger partial charge is 0.335 e. The summed E-state index contributed by atoms with van der Waals surface area (Å²) in [6.45, 7) is 2.18. The number of carboxylic acids is 1. The van der Waals surface area contributed by atoms with E-state index in [4.69, 9.17) is 4.74 Å². The normalized spacial score (nSPS) is 26.9. The van der Waals surface area contributed by atoms with Gasteiger partial charge in [-0.1, -0.05) is 44.0 Å². The third-order valence-electron chi connectivity index (χ3n) is 9.33. The largest absolute Gasteiger partial charge is 0.478 e. The van der Waals surface area contributed by atoms with Crippen LogP contribution in [0, 0.1) is 17.8 Å². The van der Waals surface area contributed by atoms with E-state index in [0.29, 0.717) is 12.0 Å². The van der Waals surface area contributed by atoms with Crippen molar-refractivity contribution in [1.82, 2.24) is 0 Å². The molecule has 3 aromatic rings. The van der Waals surface area contributed by atoms with Gasteiger partial charge in [0.05, 0.1) is 5.56 Å². The third kappa shape index (κ3) is 4.77. The van der Waals surface area contributed by atoms with Crippen molar-refractivity contribution >= 4 is 16.7 Å². The number of fused-ring (bicyclic) bond motifs is 1. The van der Waals surface area contributed by atoms with Crippen LogP contribution in [-0.4, -0.2) is 22.5 Å². The Kier molecular flexibility index (Phi) is 6.48. The van der Waals surface area contributed by atoms with Gasteiger partial charge >= 0.3 is 5.97 Å². The number of carbonyl (C=O) groups is 1. The highest BCUT2D eigenvalue weighted by molar-refractivity contribution is 5.91. The average Bonchev–Trinajstić information content (AvgIpc) is 2.87. The van der Waals surface area contributed by atoms with Gasteiger partial charge < -0.3 is 14.9 Å². The quantitative estimate of drug-likeness (QED) is 0.232. The molecule has 4 fully saturated rings. The lowest BCUT2D eigenvalue weighted by Crippen LogP contribution is -2.48. The minimum atomic E-state index is -0.908. The van der Waals surface area contributed by atoms with E-state index in [-0.39, 0.29) is 5.41 Å². The minimum absolute atomic E-state index is 0.153. The number of carboxylic acid groups (broad SMARTS) is 1. The Labute approximate surface area is 219 Å². The Morgan fingerprint density at radius 2 is 1.54 bits per heavy atom. The number of aliphatic hydroxyl groups excluding tert-OH is 1. The Morgan fingerprint density at radius 1 is 0.892 bits per heavy atom. The van der Waals surface area contributed by atoms with Crippen LogP contribution in [0.3, 0.4) is 0 Å². The Hall–Kier alpha value is -2.85. The molecule has 2 N–H and O–H groups in total. The molecule has 37 heavy (non-hydrogen) atoms. The summed E-state index contributed by atoms with van der Waals surface area (Å²) >= 11 is 0. The summed E-state index contributed by atoms with van der Waals surface area (Å²) in [5, 5.41) is 22.3. The number of aliphatic hydroxyl groups is 1. The third-order valence-corrected chi connectivity index (χ3v) is 9.33. The van der Waals surface area contributed by atoms with Gasteiger partial charge in [0.25, 0.3) is 0 Å². The lowest BCUT2D eigenvalue weighted by Gasteiger charge is -2.57. The molecule has 1 atom stereocenters. The monoisotopic (exact) mass is 498 g/mol. The van der Waals surface area contributed by atoms with Gasteiger partial charge in [0.2, 0.25) is 0 Å². The van der Waals surface area contributed by atoms with E-state index in [2.05, 4.69) is 37.3 Å². The summed E-state index contributed by atoms with van der Waals surface area (Å²) in [6, 6.07) is 18.0. The van der Waals surface area contributed by atoms with Crippen LogP contribution in [0.2, 0.25) is 0 Å². The first-order chi connectivity index (χ1) is 17.9. The van der Waals surface area contributed by atoms with Gasteiger partial charge in [0, 0.05) is 12.0 Å².